The number of benzene rings is 2. The summed E-state index contributed by atoms with van der Waals surface area (Å²) in [5, 5.41) is 0.529. The minimum absolute atomic E-state index is 0.219. The third-order valence-electron chi connectivity index (χ3n) is 4.97. The van der Waals surface area contributed by atoms with E-state index < -0.39 is 10.2 Å². The maximum atomic E-state index is 12.4. The minimum atomic E-state index is -3.73. The van der Waals surface area contributed by atoms with Gasteiger partial charge in [-0.3, -0.25) is 14.5 Å². The average molecular weight is 502 g/mol. The van der Waals surface area contributed by atoms with Gasteiger partial charge in [-0.1, -0.05) is 35.9 Å². The van der Waals surface area contributed by atoms with Crippen molar-refractivity contribution in [3.05, 3.63) is 94.3 Å². The maximum Gasteiger partial charge on any atom is 0.306 e. The van der Waals surface area contributed by atoms with E-state index in [-0.39, 0.29) is 12.5 Å². The lowest BCUT2D eigenvalue weighted by Crippen LogP contribution is -2.31. The maximum absolute atomic E-state index is 12.4. The zero-order chi connectivity index (χ0) is 24.4. The van der Waals surface area contributed by atoms with Gasteiger partial charge < -0.3 is 4.74 Å². The number of aryl methyl sites for hydroxylation is 1. The van der Waals surface area contributed by atoms with Gasteiger partial charge in [0.1, 0.15) is 0 Å². The molecule has 7 nitrogen and oxygen atoms in total. The molecule has 0 spiro atoms. The summed E-state index contributed by atoms with van der Waals surface area (Å²) in [6.07, 6.45) is 5.58. The van der Waals surface area contributed by atoms with Gasteiger partial charge >= 0.3 is 5.97 Å². The number of carbonyl (C=O) groups is 1. The largest absolute Gasteiger partial charge is 0.466 e. The van der Waals surface area contributed by atoms with Crippen LogP contribution in [0.2, 0.25) is 5.02 Å². The SMILES string of the molecule is CCOC(=O)CCc1cc(CCNS(=O)(=O)Nc2ccc(Cl)cc2)cc(Cc2cccnc2)c1. The molecule has 2 aromatic carbocycles. The van der Waals surface area contributed by atoms with Crippen LogP contribution < -0.4 is 9.44 Å². The van der Waals surface area contributed by atoms with Crippen LogP contribution in [0.4, 0.5) is 5.69 Å². The van der Waals surface area contributed by atoms with Crippen LogP contribution in [0, 0.1) is 0 Å². The van der Waals surface area contributed by atoms with Gasteiger partial charge in [0.15, 0.2) is 0 Å². The molecule has 0 saturated carbocycles. The van der Waals surface area contributed by atoms with E-state index in [0.29, 0.717) is 43.0 Å². The molecule has 0 atom stereocenters. The molecule has 0 aliphatic rings. The molecule has 0 fully saturated rings. The van der Waals surface area contributed by atoms with Crippen LogP contribution in [0.3, 0.4) is 0 Å². The van der Waals surface area contributed by atoms with Crippen LogP contribution in [0.15, 0.2) is 67.0 Å². The van der Waals surface area contributed by atoms with Crippen molar-refractivity contribution in [1.82, 2.24) is 9.71 Å². The second kappa shape index (κ2) is 12.5. The zero-order valence-electron chi connectivity index (χ0n) is 19.0. The fourth-order valence-corrected chi connectivity index (χ4v) is 4.50. The quantitative estimate of drug-likeness (QED) is 0.360. The lowest BCUT2D eigenvalue weighted by molar-refractivity contribution is -0.143. The molecule has 9 heteroatoms. The van der Waals surface area contributed by atoms with Crippen LogP contribution in [0.1, 0.15) is 35.6 Å². The molecule has 1 aromatic heterocycles. The predicted molar refractivity (Wildman–Crippen MR) is 134 cm³/mol. The van der Waals surface area contributed by atoms with Crippen molar-refractivity contribution in [2.45, 2.75) is 32.6 Å². The lowest BCUT2D eigenvalue weighted by Gasteiger charge is -2.12. The Kier molecular flexibility index (Phi) is 9.44. The smallest absolute Gasteiger partial charge is 0.306 e. The molecule has 0 unspecified atom stereocenters. The predicted octanol–water partition coefficient (Wildman–Crippen LogP) is 4.31. The lowest BCUT2D eigenvalue weighted by atomic mass is 9.97. The van der Waals surface area contributed by atoms with Gasteiger partial charge in [-0.2, -0.15) is 13.1 Å². The molecular weight excluding hydrogens is 474 g/mol. The van der Waals surface area contributed by atoms with Crippen LogP contribution in [0.25, 0.3) is 0 Å². The van der Waals surface area contributed by atoms with Crippen molar-refractivity contribution in [2.24, 2.45) is 0 Å². The summed E-state index contributed by atoms with van der Waals surface area (Å²) in [4.78, 5) is 16.0. The first-order valence-corrected chi connectivity index (χ1v) is 12.9. The minimum Gasteiger partial charge on any atom is -0.466 e. The highest BCUT2D eigenvalue weighted by atomic mass is 35.5. The summed E-state index contributed by atoms with van der Waals surface area (Å²) >= 11 is 5.84. The molecule has 3 rings (SSSR count). The highest BCUT2D eigenvalue weighted by Gasteiger charge is 2.11. The third-order valence-corrected chi connectivity index (χ3v) is 6.31. The molecule has 180 valence electrons. The van der Waals surface area contributed by atoms with E-state index in [4.69, 9.17) is 16.3 Å². The zero-order valence-corrected chi connectivity index (χ0v) is 20.5. The van der Waals surface area contributed by atoms with E-state index in [2.05, 4.69) is 26.6 Å². The number of esters is 1. The van der Waals surface area contributed by atoms with E-state index >= 15 is 0 Å². The van der Waals surface area contributed by atoms with E-state index in [1.165, 1.54) is 0 Å². The van der Waals surface area contributed by atoms with Gasteiger partial charge in [0.25, 0.3) is 10.2 Å². The molecular formula is C25H28ClN3O4S. The van der Waals surface area contributed by atoms with Crippen molar-refractivity contribution in [2.75, 3.05) is 17.9 Å². The molecule has 0 amide bonds. The first-order chi connectivity index (χ1) is 16.3. The Morgan fingerprint density at radius 2 is 1.71 bits per heavy atom. The van der Waals surface area contributed by atoms with Crippen molar-refractivity contribution < 1.29 is 17.9 Å². The summed E-state index contributed by atoms with van der Waals surface area (Å²) in [6.45, 7) is 2.36. The summed E-state index contributed by atoms with van der Waals surface area (Å²) in [7, 11) is -3.73. The number of aromatic nitrogens is 1. The van der Waals surface area contributed by atoms with Gasteiger partial charge in [0, 0.05) is 36.1 Å². The second-order valence-electron chi connectivity index (χ2n) is 7.76. The Hall–Kier alpha value is -2.94. The van der Waals surface area contributed by atoms with Gasteiger partial charge in [-0.05, 0) is 78.8 Å². The highest BCUT2D eigenvalue weighted by molar-refractivity contribution is 7.90. The molecule has 1 heterocycles. The van der Waals surface area contributed by atoms with Gasteiger partial charge in [0.05, 0.1) is 6.61 Å². The van der Waals surface area contributed by atoms with E-state index in [9.17, 15) is 13.2 Å². The number of anilines is 1. The summed E-state index contributed by atoms with van der Waals surface area (Å²) in [5.74, 6) is -0.234. The average Bonchev–Trinajstić information content (AvgIpc) is 2.80. The number of halogens is 1. The van der Waals surface area contributed by atoms with Crippen molar-refractivity contribution >= 4 is 33.5 Å². The molecule has 2 N–H and O–H groups in total. The topological polar surface area (TPSA) is 97.4 Å². The van der Waals surface area contributed by atoms with Crippen LogP contribution in [0.5, 0.6) is 0 Å². The van der Waals surface area contributed by atoms with Crippen LogP contribution in [-0.4, -0.2) is 32.5 Å². The molecule has 34 heavy (non-hydrogen) atoms. The summed E-state index contributed by atoms with van der Waals surface area (Å²) in [6, 6.07) is 16.5. The normalized spacial score (nSPS) is 11.2. The number of nitrogens with zero attached hydrogens (tertiary/aromatic N) is 1. The van der Waals surface area contributed by atoms with Crippen molar-refractivity contribution in [3.63, 3.8) is 0 Å². The number of nitrogens with one attached hydrogen (secondary N) is 2. The first kappa shape index (κ1) is 25.7. The van der Waals surface area contributed by atoms with Crippen LogP contribution >= 0.6 is 11.6 Å². The number of pyridine rings is 1. The van der Waals surface area contributed by atoms with Crippen LogP contribution in [-0.2, 0) is 39.0 Å². The molecule has 0 aliphatic heterocycles. The Morgan fingerprint density at radius 1 is 1.00 bits per heavy atom. The number of hydrogen-bond acceptors (Lipinski definition) is 5. The van der Waals surface area contributed by atoms with E-state index in [0.717, 1.165) is 22.3 Å². The van der Waals surface area contributed by atoms with Gasteiger partial charge in [0.2, 0.25) is 0 Å². The summed E-state index contributed by atoms with van der Waals surface area (Å²) in [5.41, 5.74) is 4.56. The molecule has 0 aliphatic carbocycles. The fraction of sp³-hybridized carbons (Fsp3) is 0.280. The Bertz CT molecular complexity index is 1190. The molecule has 0 saturated heterocycles. The van der Waals surface area contributed by atoms with Crippen molar-refractivity contribution in [1.29, 1.82) is 0 Å². The number of carbonyl (C=O) groups excluding carboxylic acids is 1. The van der Waals surface area contributed by atoms with Crippen molar-refractivity contribution in [3.8, 4) is 0 Å². The standard InChI is InChI=1S/C25H28ClN3O4S/c1-2-33-25(30)10-5-19-14-20(16-22(15-19)17-21-4-3-12-27-18-21)11-13-28-34(31,32)29-24-8-6-23(26)7-9-24/h3-4,6-9,12,14-16,18,28-29H,2,5,10-11,13,17H2,1H3. The number of rotatable bonds is 12. The molecule has 3 aromatic rings. The van der Waals surface area contributed by atoms with Gasteiger partial charge in [-0.25, -0.2) is 0 Å². The molecule has 0 radical (unpaired) electrons. The first-order valence-electron chi connectivity index (χ1n) is 11.0. The Labute approximate surface area is 205 Å². The fourth-order valence-electron chi connectivity index (χ4n) is 3.49. The number of hydrogen-bond donors (Lipinski definition) is 2. The summed E-state index contributed by atoms with van der Waals surface area (Å²) < 4.78 is 34.8. The highest BCUT2D eigenvalue weighted by Crippen LogP contribution is 2.17. The van der Waals surface area contributed by atoms with Gasteiger partial charge in [-0.15, -0.1) is 0 Å². The monoisotopic (exact) mass is 501 g/mol. The second-order valence-corrected chi connectivity index (χ2v) is 9.69. The third kappa shape index (κ3) is 8.78. The Balaban J connectivity index is 1.67. The van der Waals surface area contributed by atoms with E-state index in [1.54, 1.807) is 37.4 Å². The number of ether oxygens (including phenoxy) is 1. The Morgan fingerprint density at radius 3 is 2.38 bits per heavy atom. The van der Waals surface area contributed by atoms with E-state index in [1.807, 2.05) is 24.4 Å². The molecule has 0 bridgehead atoms.